The highest BCUT2D eigenvalue weighted by Crippen LogP contribution is 2.39. The second-order valence-electron chi connectivity index (χ2n) is 14.3. The molecule has 0 aliphatic heterocycles. The maximum atomic E-state index is 12.8. The number of nitrogens with one attached hydrogen (secondary N) is 2. The molecule has 2 aromatic heterocycles. The Hall–Kier alpha value is -4.34. The van der Waals surface area contributed by atoms with Gasteiger partial charge in [-0.3, -0.25) is 4.79 Å². The second kappa shape index (κ2) is 22.9. The molecule has 0 bridgehead atoms. The van der Waals surface area contributed by atoms with Crippen molar-refractivity contribution in [1.82, 2.24) is 15.2 Å². The Morgan fingerprint density at radius 1 is 0.800 bits per heavy atom. The van der Waals surface area contributed by atoms with Crippen LogP contribution in [0.2, 0.25) is 0 Å². The van der Waals surface area contributed by atoms with Gasteiger partial charge in [0.2, 0.25) is 0 Å². The lowest BCUT2D eigenvalue weighted by Gasteiger charge is -2.19. The predicted molar refractivity (Wildman–Crippen MR) is 228 cm³/mol. The molecule has 10 nitrogen and oxygen atoms in total. The Bertz CT molecular complexity index is 1880. The largest absolute Gasteiger partial charge is 0.465 e. The van der Waals surface area contributed by atoms with E-state index in [1.165, 1.54) is 87.3 Å². The van der Waals surface area contributed by atoms with E-state index in [2.05, 4.69) is 51.0 Å². The average Bonchev–Trinajstić information content (AvgIpc) is 3.63. The molecule has 0 radical (unpaired) electrons. The zero-order chi connectivity index (χ0) is 39.6. The lowest BCUT2D eigenvalue weighted by atomic mass is 9.95. The summed E-state index contributed by atoms with van der Waals surface area (Å²) in [5.74, 6) is 1.20. The zero-order valence-electron chi connectivity index (χ0n) is 33.8. The first-order valence-electron chi connectivity index (χ1n) is 19.8. The summed E-state index contributed by atoms with van der Waals surface area (Å²) in [5.41, 5.74) is 7.37. The van der Waals surface area contributed by atoms with E-state index in [0.717, 1.165) is 46.5 Å². The van der Waals surface area contributed by atoms with Gasteiger partial charge in [-0.2, -0.15) is 5.26 Å². The third-order valence-electron chi connectivity index (χ3n) is 9.83. The van der Waals surface area contributed by atoms with E-state index < -0.39 is 0 Å². The summed E-state index contributed by atoms with van der Waals surface area (Å²) in [5, 5.41) is 35.0. The van der Waals surface area contributed by atoms with Crippen molar-refractivity contribution in [2.24, 2.45) is 16.1 Å². The molecule has 0 aliphatic rings. The highest BCUT2D eigenvalue weighted by Gasteiger charge is 2.21. The quantitative estimate of drug-likeness (QED) is 0.0326. The second-order valence-corrected chi connectivity index (χ2v) is 16.5. The molecule has 1 atom stereocenters. The molecule has 4 aromatic rings. The molecule has 0 fully saturated rings. The first-order valence-corrected chi connectivity index (χ1v) is 21.6. The number of anilines is 4. The van der Waals surface area contributed by atoms with Crippen LogP contribution in [-0.2, 0) is 9.53 Å². The van der Waals surface area contributed by atoms with E-state index in [9.17, 15) is 10.1 Å². The molecule has 0 saturated heterocycles. The SMILES string of the molecule is CCCCCCCCC(CCCCCC)COC(=O)CSc1nnc(/N=N\c2c(Nc3c(C)cccc3C)nc(Nc3c(C)cccc3C)c(C#N)c2C)s1. The summed E-state index contributed by atoms with van der Waals surface area (Å²) in [7, 11) is 0. The molecule has 0 amide bonds. The molecule has 1 unspecified atom stereocenters. The number of aryl methyl sites for hydroxylation is 4. The molecule has 55 heavy (non-hydrogen) atoms. The molecular formula is C43H58N8O2S2. The molecule has 0 saturated carbocycles. The molecule has 0 aliphatic carbocycles. The number of hydrogen-bond acceptors (Lipinski definition) is 12. The van der Waals surface area contributed by atoms with Crippen molar-refractivity contribution in [1.29, 1.82) is 5.26 Å². The third kappa shape index (κ3) is 13.4. The smallest absolute Gasteiger partial charge is 0.316 e. The van der Waals surface area contributed by atoms with E-state index in [4.69, 9.17) is 9.72 Å². The molecule has 294 valence electrons. The third-order valence-corrected chi connectivity index (χ3v) is 11.7. The van der Waals surface area contributed by atoms with Crippen LogP contribution in [0.4, 0.5) is 33.8 Å². The minimum atomic E-state index is -0.243. The van der Waals surface area contributed by atoms with Crippen molar-refractivity contribution < 1.29 is 9.53 Å². The number of ether oxygens (including phenoxy) is 1. The Labute approximate surface area is 336 Å². The summed E-state index contributed by atoms with van der Waals surface area (Å²) in [6.07, 6.45) is 14.7. The summed E-state index contributed by atoms with van der Waals surface area (Å²) in [6, 6.07) is 14.4. The Morgan fingerprint density at radius 3 is 1.93 bits per heavy atom. The fraction of sp³-hybridized carbons (Fsp3) is 0.512. The van der Waals surface area contributed by atoms with Gasteiger partial charge < -0.3 is 15.4 Å². The standard InChI is InChI=1S/C43H58N8O2S2/c1-8-10-12-14-15-17-25-34(24-16-13-11-9-2)27-53-36(52)28-54-43-51-50-42(55-43)49-48-39-33(7)35(26-44)40(45-37-29(3)20-18-21-30(37)4)47-41(39)46-38-31(5)22-19-23-32(38)6/h18-23,34H,8-17,24-25,27-28H2,1-7H3,(H2,45,46,47)/b49-48-. The highest BCUT2D eigenvalue weighted by atomic mass is 32.2. The number of para-hydroxylation sites is 2. The van der Waals surface area contributed by atoms with Gasteiger partial charge in [0.1, 0.15) is 11.8 Å². The summed E-state index contributed by atoms with van der Waals surface area (Å²) < 4.78 is 6.37. The van der Waals surface area contributed by atoms with Crippen molar-refractivity contribution in [2.45, 2.75) is 130 Å². The van der Waals surface area contributed by atoms with Crippen molar-refractivity contribution in [3.05, 3.63) is 69.8 Å². The van der Waals surface area contributed by atoms with Gasteiger partial charge in [-0.05, 0) is 75.6 Å². The normalized spacial score (nSPS) is 11.8. The van der Waals surface area contributed by atoms with Gasteiger partial charge >= 0.3 is 5.97 Å². The van der Waals surface area contributed by atoms with E-state index in [1.54, 1.807) is 0 Å². The Kier molecular flexibility index (Phi) is 18.1. The number of pyridine rings is 1. The van der Waals surface area contributed by atoms with Crippen LogP contribution in [0.1, 0.15) is 124 Å². The predicted octanol–water partition coefficient (Wildman–Crippen LogP) is 13.2. The number of carbonyl (C=O) groups excluding carboxylic acids is 1. The molecular weight excluding hydrogens is 725 g/mol. The number of aromatic nitrogens is 3. The minimum absolute atomic E-state index is 0.151. The topological polar surface area (TPSA) is 138 Å². The van der Waals surface area contributed by atoms with Crippen LogP contribution in [0.5, 0.6) is 0 Å². The number of carbonyl (C=O) groups is 1. The fourth-order valence-electron chi connectivity index (χ4n) is 6.54. The van der Waals surface area contributed by atoms with Crippen LogP contribution in [0.3, 0.4) is 0 Å². The Balaban J connectivity index is 1.46. The van der Waals surface area contributed by atoms with E-state index >= 15 is 0 Å². The van der Waals surface area contributed by atoms with Crippen LogP contribution < -0.4 is 10.6 Å². The lowest BCUT2D eigenvalue weighted by Crippen LogP contribution is -2.16. The number of hydrogen-bond donors (Lipinski definition) is 2. The van der Waals surface area contributed by atoms with E-state index in [0.29, 0.717) is 50.4 Å². The van der Waals surface area contributed by atoms with Crippen LogP contribution in [-0.4, -0.2) is 33.5 Å². The van der Waals surface area contributed by atoms with Gasteiger partial charge in [0.25, 0.3) is 5.13 Å². The number of rotatable bonds is 23. The van der Waals surface area contributed by atoms with Gasteiger partial charge in [-0.1, -0.05) is 138 Å². The molecule has 2 aromatic carbocycles. The number of nitriles is 1. The monoisotopic (exact) mass is 782 g/mol. The molecule has 2 heterocycles. The minimum Gasteiger partial charge on any atom is -0.465 e. The maximum absolute atomic E-state index is 12.8. The fourth-order valence-corrected chi connectivity index (χ4v) is 8.00. The first-order chi connectivity index (χ1) is 26.6. The van der Waals surface area contributed by atoms with Gasteiger partial charge in [0.15, 0.2) is 16.0 Å². The number of thioether (sulfide) groups is 1. The highest BCUT2D eigenvalue weighted by molar-refractivity contribution is 8.01. The number of benzene rings is 2. The number of nitrogens with zero attached hydrogens (tertiary/aromatic N) is 6. The van der Waals surface area contributed by atoms with E-state index in [1.807, 2.05) is 71.0 Å². The average molecular weight is 783 g/mol. The zero-order valence-corrected chi connectivity index (χ0v) is 35.4. The van der Waals surface area contributed by atoms with Crippen LogP contribution >= 0.6 is 23.1 Å². The Morgan fingerprint density at radius 2 is 1.35 bits per heavy atom. The summed E-state index contributed by atoms with van der Waals surface area (Å²) >= 11 is 2.54. The molecule has 2 N–H and O–H groups in total. The first kappa shape index (κ1) is 43.4. The van der Waals surface area contributed by atoms with Gasteiger partial charge in [0, 0.05) is 16.9 Å². The van der Waals surface area contributed by atoms with Gasteiger partial charge in [0.05, 0.1) is 17.9 Å². The van der Waals surface area contributed by atoms with Gasteiger partial charge in [-0.25, -0.2) is 4.98 Å². The molecule has 4 rings (SSSR count). The summed E-state index contributed by atoms with van der Waals surface area (Å²) in [4.78, 5) is 17.7. The van der Waals surface area contributed by atoms with Gasteiger partial charge in [-0.15, -0.1) is 20.4 Å². The number of unbranched alkanes of at least 4 members (excludes halogenated alkanes) is 8. The van der Waals surface area contributed by atoms with Crippen molar-refractivity contribution in [3.63, 3.8) is 0 Å². The van der Waals surface area contributed by atoms with Crippen LogP contribution in [0.15, 0.2) is 51.0 Å². The number of esters is 1. The van der Waals surface area contributed by atoms with Crippen molar-refractivity contribution in [3.8, 4) is 6.07 Å². The summed E-state index contributed by atoms with van der Waals surface area (Å²) in [6.45, 7) is 14.9. The molecule has 0 spiro atoms. The van der Waals surface area contributed by atoms with E-state index in [-0.39, 0.29) is 11.7 Å². The molecule has 12 heteroatoms. The van der Waals surface area contributed by atoms with Crippen molar-refractivity contribution in [2.75, 3.05) is 23.0 Å². The van der Waals surface area contributed by atoms with Crippen molar-refractivity contribution >= 4 is 62.9 Å². The van der Waals surface area contributed by atoms with Crippen LogP contribution in [0, 0.1) is 51.9 Å². The maximum Gasteiger partial charge on any atom is 0.316 e. The lowest BCUT2D eigenvalue weighted by molar-refractivity contribution is -0.141. The number of azo groups is 1. The van der Waals surface area contributed by atoms with Crippen LogP contribution in [0.25, 0.3) is 0 Å².